The van der Waals surface area contributed by atoms with Crippen molar-refractivity contribution in [2.45, 2.75) is 45.3 Å². The second-order valence-electron chi connectivity index (χ2n) is 4.98. The average Bonchev–Trinajstić information content (AvgIpc) is 2.51. The first-order chi connectivity index (χ1) is 10.8. The van der Waals surface area contributed by atoms with Crippen molar-refractivity contribution in [1.29, 1.82) is 0 Å². The molecule has 0 bridgehead atoms. The SMILES string of the molecule is CCC(C)OC(=O)C(CCC(=O)O)NC(=O)c1ccc(Br)nc1. The van der Waals surface area contributed by atoms with Crippen LogP contribution in [-0.2, 0) is 14.3 Å². The fourth-order valence-electron chi connectivity index (χ4n) is 1.63. The molecule has 0 aliphatic carbocycles. The second-order valence-corrected chi connectivity index (χ2v) is 5.80. The molecule has 2 unspecified atom stereocenters. The molecule has 2 N–H and O–H groups in total. The number of nitrogens with one attached hydrogen (secondary N) is 1. The number of carboxylic acids is 1. The highest BCUT2D eigenvalue weighted by atomic mass is 79.9. The van der Waals surface area contributed by atoms with Crippen molar-refractivity contribution >= 4 is 33.8 Å². The van der Waals surface area contributed by atoms with Gasteiger partial charge in [-0.1, -0.05) is 6.92 Å². The standard InChI is InChI=1S/C15H19BrN2O5/c1-3-9(2)23-15(22)11(5-7-13(19)20)18-14(21)10-4-6-12(16)17-8-10/h4,6,8-9,11H,3,5,7H2,1-2H3,(H,18,21)(H,19,20). The molecule has 0 aliphatic rings. The Hall–Kier alpha value is -1.96. The number of carbonyl (C=O) groups excluding carboxylic acids is 2. The maximum absolute atomic E-state index is 12.1. The first-order valence-electron chi connectivity index (χ1n) is 7.18. The summed E-state index contributed by atoms with van der Waals surface area (Å²) in [4.78, 5) is 38.9. The number of aliphatic carboxylic acids is 1. The summed E-state index contributed by atoms with van der Waals surface area (Å²) in [7, 11) is 0. The van der Waals surface area contributed by atoms with E-state index in [1.165, 1.54) is 6.20 Å². The van der Waals surface area contributed by atoms with Crippen LogP contribution in [0.3, 0.4) is 0 Å². The normalized spacial score (nSPS) is 13.0. The zero-order valence-corrected chi connectivity index (χ0v) is 14.5. The van der Waals surface area contributed by atoms with Gasteiger partial charge in [-0.25, -0.2) is 9.78 Å². The van der Waals surface area contributed by atoms with E-state index >= 15 is 0 Å². The van der Waals surface area contributed by atoms with Gasteiger partial charge >= 0.3 is 11.9 Å². The summed E-state index contributed by atoms with van der Waals surface area (Å²) in [6.45, 7) is 3.59. The van der Waals surface area contributed by atoms with Crippen LogP contribution in [0.15, 0.2) is 22.9 Å². The number of ether oxygens (including phenoxy) is 1. The van der Waals surface area contributed by atoms with Gasteiger partial charge in [-0.05, 0) is 47.8 Å². The highest BCUT2D eigenvalue weighted by Crippen LogP contribution is 2.09. The molecule has 0 aromatic carbocycles. The van der Waals surface area contributed by atoms with Gasteiger partial charge in [0.15, 0.2) is 0 Å². The number of carboxylic acid groups (broad SMARTS) is 1. The van der Waals surface area contributed by atoms with Crippen molar-refractivity contribution in [3.63, 3.8) is 0 Å². The Morgan fingerprint density at radius 1 is 1.39 bits per heavy atom. The quantitative estimate of drug-likeness (QED) is 0.523. The molecule has 0 radical (unpaired) electrons. The predicted molar refractivity (Wildman–Crippen MR) is 85.9 cm³/mol. The minimum Gasteiger partial charge on any atom is -0.481 e. The highest BCUT2D eigenvalue weighted by molar-refractivity contribution is 9.10. The molecule has 1 rings (SSSR count). The second kappa shape index (κ2) is 9.24. The van der Waals surface area contributed by atoms with Gasteiger partial charge in [0, 0.05) is 12.6 Å². The van der Waals surface area contributed by atoms with Gasteiger partial charge in [-0.3, -0.25) is 9.59 Å². The van der Waals surface area contributed by atoms with Crippen molar-refractivity contribution < 1.29 is 24.2 Å². The topological polar surface area (TPSA) is 106 Å². The lowest BCUT2D eigenvalue weighted by molar-refractivity contribution is -0.151. The number of hydrogen-bond acceptors (Lipinski definition) is 5. The molecule has 1 aromatic heterocycles. The van der Waals surface area contributed by atoms with Crippen LogP contribution in [-0.4, -0.2) is 40.1 Å². The van der Waals surface area contributed by atoms with E-state index in [1.807, 2.05) is 6.92 Å². The number of aromatic nitrogens is 1. The summed E-state index contributed by atoms with van der Waals surface area (Å²) < 4.78 is 5.76. The Kier molecular flexibility index (Phi) is 7.67. The molecule has 0 fully saturated rings. The number of nitrogens with zero attached hydrogens (tertiary/aromatic N) is 1. The van der Waals surface area contributed by atoms with Crippen LogP contribution < -0.4 is 5.32 Å². The summed E-state index contributed by atoms with van der Waals surface area (Å²) in [6.07, 6.45) is 1.39. The van der Waals surface area contributed by atoms with Gasteiger partial charge in [0.05, 0.1) is 11.7 Å². The molecule has 2 atom stereocenters. The number of hydrogen-bond donors (Lipinski definition) is 2. The lowest BCUT2D eigenvalue weighted by Crippen LogP contribution is -2.43. The number of halogens is 1. The summed E-state index contributed by atoms with van der Waals surface area (Å²) in [5.74, 6) is -2.20. The molecule has 23 heavy (non-hydrogen) atoms. The molecule has 1 amide bonds. The third-order valence-electron chi connectivity index (χ3n) is 3.12. The van der Waals surface area contributed by atoms with Gasteiger partial charge < -0.3 is 15.2 Å². The van der Waals surface area contributed by atoms with Crippen LogP contribution in [0.25, 0.3) is 0 Å². The molecular formula is C15H19BrN2O5. The average molecular weight is 387 g/mol. The number of carbonyl (C=O) groups is 3. The number of pyridine rings is 1. The zero-order chi connectivity index (χ0) is 17.4. The smallest absolute Gasteiger partial charge is 0.328 e. The van der Waals surface area contributed by atoms with Crippen molar-refractivity contribution in [2.24, 2.45) is 0 Å². The lowest BCUT2D eigenvalue weighted by Gasteiger charge is -2.19. The van der Waals surface area contributed by atoms with Crippen LogP contribution >= 0.6 is 15.9 Å². The van der Waals surface area contributed by atoms with Gasteiger partial charge in [0.2, 0.25) is 0 Å². The lowest BCUT2D eigenvalue weighted by atomic mass is 10.1. The molecule has 126 valence electrons. The van der Waals surface area contributed by atoms with E-state index in [4.69, 9.17) is 9.84 Å². The highest BCUT2D eigenvalue weighted by Gasteiger charge is 2.25. The van der Waals surface area contributed by atoms with E-state index in [0.717, 1.165) is 0 Å². The predicted octanol–water partition coefficient (Wildman–Crippen LogP) is 2.15. The summed E-state index contributed by atoms with van der Waals surface area (Å²) in [5.41, 5.74) is 0.268. The fraction of sp³-hybridized carbons (Fsp3) is 0.467. The molecule has 7 nitrogen and oxygen atoms in total. The van der Waals surface area contributed by atoms with E-state index < -0.39 is 23.9 Å². The molecule has 0 aliphatic heterocycles. The largest absolute Gasteiger partial charge is 0.481 e. The third kappa shape index (κ3) is 6.77. The Morgan fingerprint density at radius 3 is 2.61 bits per heavy atom. The number of amides is 1. The van der Waals surface area contributed by atoms with Crippen molar-refractivity contribution in [3.8, 4) is 0 Å². The first-order valence-corrected chi connectivity index (χ1v) is 7.97. The first kappa shape index (κ1) is 19.1. The van der Waals surface area contributed by atoms with Crippen LogP contribution in [0.1, 0.15) is 43.5 Å². The molecule has 0 saturated heterocycles. The van der Waals surface area contributed by atoms with Crippen LogP contribution in [0.4, 0.5) is 0 Å². The Bertz CT molecular complexity index is 561. The minimum atomic E-state index is -1.05. The molecule has 1 heterocycles. The van der Waals surface area contributed by atoms with E-state index in [9.17, 15) is 14.4 Å². The van der Waals surface area contributed by atoms with Crippen LogP contribution in [0.2, 0.25) is 0 Å². The maximum atomic E-state index is 12.1. The van der Waals surface area contributed by atoms with Gasteiger partial charge in [-0.15, -0.1) is 0 Å². The summed E-state index contributed by atoms with van der Waals surface area (Å²) >= 11 is 3.16. The maximum Gasteiger partial charge on any atom is 0.328 e. The fourth-order valence-corrected chi connectivity index (χ4v) is 1.87. The number of rotatable bonds is 8. The van der Waals surface area contributed by atoms with E-state index in [-0.39, 0.29) is 24.5 Å². The Labute approximate surface area is 142 Å². The van der Waals surface area contributed by atoms with Crippen LogP contribution in [0.5, 0.6) is 0 Å². The molecule has 0 spiro atoms. The van der Waals surface area contributed by atoms with Crippen molar-refractivity contribution in [3.05, 3.63) is 28.5 Å². The van der Waals surface area contributed by atoms with Gasteiger partial charge in [0.25, 0.3) is 5.91 Å². The Balaban J connectivity index is 2.78. The molecule has 8 heteroatoms. The third-order valence-corrected chi connectivity index (χ3v) is 3.59. The number of esters is 1. The minimum absolute atomic E-state index is 0.0414. The summed E-state index contributed by atoms with van der Waals surface area (Å²) in [5, 5.41) is 11.3. The molecular weight excluding hydrogens is 368 g/mol. The van der Waals surface area contributed by atoms with Gasteiger partial charge in [0.1, 0.15) is 10.6 Å². The molecule has 1 aromatic rings. The Morgan fingerprint density at radius 2 is 2.09 bits per heavy atom. The van der Waals surface area contributed by atoms with Crippen molar-refractivity contribution in [1.82, 2.24) is 10.3 Å². The van der Waals surface area contributed by atoms with Gasteiger partial charge in [-0.2, -0.15) is 0 Å². The van der Waals surface area contributed by atoms with E-state index in [1.54, 1.807) is 19.1 Å². The molecule has 0 saturated carbocycles. The summed E-state index contributed by atoms with van der Waals surface area (Å²) in [6, 6.07) is 2.12. The van der Waals surface area contributed by atoms with Crippen molar-refractivity contribution in [2.75, 3.05) is 0 Å². The monoisotopic (exact) mass is 386 g/mol. The van der Waals surface area contributed by atoms with Crippen LogP contribution in [0, 0.1) is 0 Å². The van der Waals surface area contributed by atoms with E-state index in [2.05, 4.69) is 26.2 Å². The van der Waals surface area contributed by atoms with E-state index in [0.29, 0.717) is 11.0 Å². The zero-order valence-electron chi connectivity index (χ0n) is 12.9.